The molecule has 16 heavy (non-hydrogen) atoms. The van der Waals surface area contributed by atoms with Crippen molar-refractivity contribution in [1.29, 1.82) is 0 Å². The first-order valence-electron chi connectivity index (χ1n) is 6.13. The normalized spacial score (nSPS) is 13.0. The number of hydrogen-bond acceptors (Lipinski definition) is 2. The Bertz CT molecular complexity index is 271. The number of unbranched alkanes of at least 4 members (excludes halogenated alkanes) is 1. The summed E-state index contributed by atoms with van der Waals surface area (Å²) < 4.78 is 0. The first-order valence-corrected chi connectivity index (χ1v) is 7.12. The largest absolute Gasteiger partial charge is 0.327 e. The molecule has 0 aromatic heterocycles. The maximum atomic E-state index is 6.00. The van der Waals surface area contributed by atoms with Crippen LogP contribution in [0.2, 0.25) is 0 Å². The molecule has 0 radical (unpaired) electrons. The molecule has 1 nitrogen and oxygen atoms in total. The van der Waals surface area contributed by atoms with Crippen molar-refractivity contribution in [2.24, 2.45) is 11.7 Å². The van der Waals surface area contributed by atoms with Gasteiger partial charge in [0.1, 0.15) is 0 Å². The number of thioether (sulfide) groups is 1. The minimum Gasteiger partial charge on any atom is -0.327 e. The average Bonchev–Trinajstić information content (AvgIpc) is 2.29. The second-order valence-corrected chi connectivity index (χ2v) is 5.73. The predicted octanol–water partition coefficient (Wildman–Crippen LogP) is 3.93. The standard InChI is InChI=1S/C14H23NS/c1-12(2)14(15)10-6-7-11-16-13-8-4-3-5-9-13/h3-5,8-9,12,14H,6-7,10-11,15H2,1-2H3. The van der Waals surface area contributed by atoms with E-state index in [9.17, 15) is 0 Å². The fraction of sp³-hybridized carbons (Fsp3) is 0.571. The highest BCUT2D eigenvalue weighted by molar-refractivity contribution is 7.99. The van der Waals surface area contributed by atoms with Crippen LogP contribution in [0.5, 0.6) is 0 Å². The fourth-order valence-corrected chi connectivity index (χ4v) is 2.46. The number of benzene rings is 1. The summed E-state index contributed by atoms with van der Waals surface area (Å²) in [6, 6.07) is 11.0. The molecule has 0 amide bonds. The summed E-state index contributed by atoms with van der Waals surface area (Å²) >= 11 is 1.94. The van der Waals surface area contributed by atoms with E-state index in [0.717, 1.165) is 6.42 Å². The summed E-state index contributed by atoms with van der Waals surface area (Å²) in [7, 11) is 0. The van der Waals surface area contributed by atoms with Crippen LogP contribution in [-0.4, -0.2) is 11.8 Å². The van der Waals surface area contributed by atoms with Crippen LogP contribution in [0.4, 0.5) is 0 Å². The predicted molar refractivity (Wildman–Crippen MR) is 73.8 cm³/mol. The molecule has 2 heteroatoms. The zero-order valence-electron chi connectivity index (χ0n) is 10.4. The molecular formula is C14H23NS. The van der Waals surface area contributed by atoms with Crippen molar-refractivity contribution in [2.75, 3.05) is 5.75 Å². The summed E-state index contributed by atoms with van der Waals surface area (Å²) in [6.07, 6.45) is 3.67. The lowest BCUT2D eigenvalue weighted by Crippen LogP contribution is -2.25. The van der Waals surface area contributed by atoms with Gasteiger partial charge in [0.25, 0.3) is 0 Å². The zero-order chi connectivity index (χ0) is 11.8. The highest BCUT2D eigenvalue weighted by Crippen LogP contribution is 2.19. The van der Waals surface area contributed by atoms with Gasteiger partial charge >= 0.3 is 0 Å². The third-order valence-electron chi connectivity index (χ3n) is 2.80. The van der Waals surface area contributed by atoms with Gasteiger partial charge in [0.2, 0.25) is 0 Å². The monoisotopic (exact) mass is 237 g/mol. The van der Waals surface area contributed by atoms with E-state index in [1.807, 2.05) is 11.8 Å². The Kier molecular flexibility index (Phi) is 6.58. The Morgan fingerprint density at radius 2 is 1.81 bits per heavy atom. The number of nitrogens with two attached hydrogens (primary N) is 1. The Morgan fingerprint density at radius 1 is 1.12 bits per heavy atom. The molecule has 1 aromatic carbocycles. The first-order chi connectivity index (χ1) is 7.70. The van der Waals surface area contributed by atoms with E-state index in [0.29, 0.717) is 12.0 Å². The topological polar surface area (TPSA) is 26.0 Å². The van der Waals surface area contributed by atoms with E-state index in [1.165, 1.54) is 23.5 Å². The van der Waals surface area contributed by atoms with E-state index < -0.39 is 0 Å². The van der Waals surface area contributed by atoms with Gasteiger partial charge in [-0.15, -0.1) is 11.8 Å². The Morgan fingerprint density at radius 3 is 2.44 bits per heavy atom. The van der Waals surface area contributed by atoms with Crippen molar-refractivity contribution in [3.05, 3.63) is 30.3 Å². The van der Waals surface area contributed by atoms with E-state index in [2.05, 4.69) is 44.2 Å². The highest BCUT2D eigenvalue weighted by Gasteiger charge is 2.06. The molecule has 1 aromatic rings. The quantitative estimate of drug-likeness (QED) is 0.574. The molecule has 90 valence electrons. The Labute approximate surface area is 104 Å². The molecule has 0 saturated heterocycles. The van der Waals surface area contributed by atoms with E-state index >= 15 is 0 Å². The molecule has 0 heterocycles. The lowest BCUT2D eigenvalue weighted by Gasteiger charge is -2.14. The van der Waals surface area contributed by atoms with Crippen LogP contribution in [0.1, 0.15) is 33.1 Å². The SMILES string of the molecule is CC(C)C(N)CCCCSc1ccccc1. The Hall–Kier alpha value is -0.470. The number of hydrogen-bond donors (Lipinski definition) is 1. The van der Waals surface area contributed by atoms with Gasteiger partial charge in [0, 0.05) is 10.9 Å². The van der Waals surface area contributed by atoms with Gasteiger partial charge < -0.3 is 5.73 Å². The van der Waals surface area contributed by atoms with Crippen molar-refractivity contribution in [1.82, 2.24) is 0 Å². The minimum atomic E-state index is 0.377. The van der Waals surface area contributed by atoms with Gasteiger partial charge in [0.15, 0.2) is 0 Å². The molecule has 0 aliphatic rings. The van der Waals surface area contributed by atoms with Crippen molar-refractivity contribution in [2.45, 2.75) is 44.0 Å². The summed E-state index contributed by atoms with van der Waals surface area (Å²) in [4.78, 5) is 1.37. The van der Waals surface area contributed by atoms with Crippen LogP contribution >= 0.6 is 11.8 Å². The number of rotatable bonds is 7. The average molecular weight is 237 g/mol. The molecule has 1 rings (SSSR count). The lowest BCUT2D eigenvalue weighted by molar-refractivity contribution is 0.450. The van der Waals surface area contributed by atoms with Crippen molar-refractivity contribution in [3.8, 4) is 0 Å². The van der Waals surface area contributed by atoms with E-state index in [1.54, 1.807) is 0 Å². The third kappa shape index (κ3) is 5.57. The van der Waals surface area contributed by atoms with Crippen molar-refractivity contribution in [3.63, 3.8) is 0 Å². The van der Waals surface area contributed by atoms with Crippen LogP contribution < -0.4 is 5.73 Å². The fourth-order valence-electron chi connectivity index (χ4n) is 1.52. The molecule has 1 unspecified atom stereocenters. The van der Waals surface area contributed by atoms with Crippen molar-refractivity contribution < 1.29 is 0 Å². The van der Waals surface area contributed by atoms with Crippen LogP contribution in [0.15, 0.2) is 35.2 Å². The molecule has 0 bridgehead atoms. The van der Waals surface area contributed by atoms with Crippen molar-refractivity contribution >= 4 is 11.8 Å². The van der Waals surface area contributed by atoms with Crippen LogP contribution in [0.25, 0.3) is 0 Å². The Balaban J connectivity index is 2.04. The molecule has 1 atom stereocenters. The first kappa shape index (κ1) is 13.6. The van der Waals surface area contributed by atoms with Crippen LogP contribution in [0.3, 0.4) is 0 Å². The van der Waals surface area contributed by atoms with Gasteiger partial charge in [-0.05, 0) is 36.6 Å². The molecule has 0 aliphatic carbocycles. The highest BCUT2D eigenvalue weighted by atomic mass is 32.2. The molecule has 2 N–H and O–H groups in total. The smallest absolute Gasteiger partial charge is 0.00719 e. The van der Waals surface area contributed by atoms with E-state index in [4.69, 9.17) is 5.73 Å². The summed E-state index contributed by atoms with van der Waals surface area (Å²) in [5.41, 5.74) is 6.00. The van der Waals surface area contributed by atoms with Gasteiger partial charge in [-0.3, -0.25) is 0 Å². The van der Waals surface area contributed by atoms with Gasteiger partial charge in [-0.25, -0.2) is 0 Å². The molecular weight excluding hydrogens is 214 g/mol. The maximum absolute atomic E-state index is 6.00. The summed E-state index contributed by atoms with van der Waals surface area (Å²) in [5, 5.41) is 0. The van der Waals surface area contributed by atoms with E-state index in [-0.39, 0.29) is 0 Å². The maximum Gasteiger partial charge on any atom is 0.00719 e. The van der Waals surface area contributed by atoms with Crippen LogP contribution in [0, 0.1) is 5.92 Å². The van der Waals surface area contributed by atoms with Gasteiger partial charge in [0.05, 0.1) is 0 Å². The summed E-state index contributed by atoms with van der Waals surface area (Å²) in [5.74, 6) is 1.82. The zero-order valence-corrected chi connectivity index (χ0v) is 11.2. The van der Waals surface area contributed by atoms with Crippen LogP contribution in [-0.2, 0) is 0 Å². The lowest BCUT2D eigenvalue weighted by atomic mass is 10.00. The molecule has 0 aliphatic heterocycles. The molecule has 0 fully saturated rings. The third-order valence-corrected chi connectivity index (χ3v) is 3.90. The minimum absolute atomic E-state index is 0.377. The second kappa shape index (κ2) is 7.75. The second-order valence-electron chi connectivity index (χ2n) is 4.57. The molecule has 0 saturated carbocycles. The summed E-state index contributed by atoms with van der Waals surface area (Å²) in [6.45, 7) is 4.40. The molecule has 0 spiro atoms. The van der Waals surface area contributed by atoms with Gasteiger partial charge in [-0.1, -0.05) is 38.5 Å². The van der Waals surface area contributed by atoms with Gasteiger partial charge in [-0.2, -0.15) is 0 Å².